The molecule has 0 aliphatic carbocycles. The first kappa shape index (κ1) is 16.0. The predicted molar refractivity (Wildman–Crippen MR) is 75.8 cm³/mol. The van der Waals surface area contributed by atoms with Gasteiger partial charge in [0.2, 0.25) is 5.91 Å². The Kier molecular flexibility index (Phi) is 5.79. The number of rotatable bonds is 3. The largest absolute Gasteiger partial charge is 0.336 e. The van der Waals surface area contributed by atoms with Crippen LogP contribution in [0.4, 0.5) is 4.79 Å². The Labute approximate surface area is 116 Å². The van der Waals surface area contributed by atoms with Gasteiger partial charge in [-0.1, -0.05) is 13.8 Å². The maximum Gasteiger partial charge on any atom is 0.321 e. The molecular formula is C14H27N3O2. The summed E-state index contributed by atoms with van der Waals surface area (Å²) in [6.07, 6.45) is 1.21. The molecule has 0 saturated carbocycles. The molecule has 3 amide bonds. The van der Waals surface area contributed by atoms with Crippen LogP contribution in [-0.4, -0.2) is 42.0 Å². The molecule has 1 rings (SSSR count). The fourth-order valence-corrected chi connectivity index (χ4v) is 2.71. The van der Waals surface area contributed by atoms with Crippen LogP contribution in [0.5, 0.6) is 0 Å². The monoisotopic (exact) mass is 269 g/mol. The van der Waals surface area contributed by atoms with Crippen molar-refractivity contribution in [1.29, 1.82) is 0 Å². The van der Waals surface area contributed by atoms with Crippen molar-refractivity contribution in [2.45, 2.75) is 53.1 Å². The molecule has 19 heavy (non-hydrogen) atoms. The second-order valence-corrected chi connectivity index (χ2v) is 6.19. The van der Waals surface area contributed by atoms with Crippen molar-refractivity contribution in [2.24, 2.45) is 11.8 Å². The van der Waals surface area contributed by atoms with Crippen LogP contribution in [0.15, 0.2) is 0 Å². The standard InChI is InChI=1S/C14H27N3O2/c1-9(2)15-14(19)16-13(18)12(5)17-7-10(3)6-11(4)8-17/h9-12H,6-8H2,1-5H3,(H2,15,16,18,19). The van der Waals surface area contributed by atoms with Crippen molar-refractivity contribution in [3.8, 4) is 0 Å². The maximum absolute atomic E-state index is 12.0. The van der Waals surface area contributed by atoms with Crippen molar-refractivity contribution in [3.05, 3.63) is 0 Å². The van der Waals surface area contributed by atoms with E-state index in [1.807, 2.05) is 20.8 Å². The van der Waals surface area contributed by atoms with E-state index in [1.165, 1.54) is 6.42 Å². The number of amides is 3. The SMILES string of the molecule is CC1CC(C)CN(C(C)C(=O)NC(=O)NC(C)C)C1. The molecule has 3 unspecified atom stereocenters. The zero-order valence-electron chi connectivity index (χ0n) is 12.7. The van der Waals surface area contributed by atoms with Crippen molar-refractivity contribution in [3.63, 3.8) is 0 Å². The van der Waals surface area contributed by atoms with Crippen LogP contribution in [0, 0.1) is 11.8 Å². The number of nitrogens with one attached hydrogen (secondary N) is 2. The minimum Gasteiger partial charge on any atom is -0.336 e. The van der Waals surface area contributed by atoms with Gasteiger partial charge in [-0.15, -0.1) is 0 Å². The third-order valence-electron chi connectivity index (χ3n) is 3.48. The Morgan fingerprint density at radius 1 is 1.11 bits per heavy atom. The van der Waals surface area contributed by atoms with Gasteiger partial charge in [0.15, 0.2) is 0 Å². The van der Waals surface area contributed by atoms with Crippen LogP contribution in [0.2, 0.25) is 0 Å². The zero-order chi connectivity index (χ0) is 14.6. The maximum atomic E-state index is 12.0. The highest BCUT2D eigenvalue weighted by molar-refractivity contribution is 5.96. The number of hydrogen-bond donors (Lipinski definition) is 2. The Morgan fingerprint density at radius 3 is 2.11 bits per heavy atom. The highest BCUT2D eigenvalue weighted by Crippen LogP contribution is 2.22. The minimum atomic E-state index is -0.412. The molecule has 0 aromatic carbocycles. The first-order valence-corrected chi connectivity index (χ1v) is 7.15. The predicted octanol–water partition coefficient (Wildman–Crippen LogP) is 1.59. The molecule has 5 nitrogen and oxygen atoms in total. The van der Waals surface area contributed by atoms with Gasteiger partial charge in [-0.2, -0.15) is 0 Å². The van der Waals surface area contributed by atoms with Gasteiger partial charge in [-0.3, -0.25) is 15.0 Å². The van der Waals surface area contributed by atoms with Crippen LogP contribution in [-0.2, 0) is 4.79 Å². The summed E-state index contributed by atoms with van der Waals surface area (Å²) < 4.78 is 0. The molecule has 3 atom stereocenters. The number of piperidine rings is 1. The molecule has 0 aromatic heterocycles. The van der Waals surface area contributed by atoms with E-state index in [0.29, 0.717) is 11.8 Å². The molecule has 5 heteroatoms. The normalized spacial score (nSPS) is 26.0. The molecule has 0 spiro atoms. The average Bonchev–Trinajstić information content (AvgIpc) is 2.25. The lowest BCUT2D eigenvalue weighted by molar-refractivity contribution is -0.125. The van der Waals surface area contributed by atoms with Gasteiger partial charge in [-0.25, -0.2) is 4.79 Å². The summed E-state index contributed by atoms with van der Waals surface area (Å²) in [5.74, 6) is 0.978. The topological polar surface area (TPSA) is 61.4 Å². The van der Waals surface area contributed by atoms with Crippen LogP contribution >= 0.6 is 0 Å². The number of likely N-dealkylation sites (tertiary alicyclic amines) is 1. The molecular weight excluding hydrogens is 242 g/mol. The fraction of sp³-hybridized carbons (Fsp3) is 0.857. The lowest BCUT2D eigenvalue weighted by atomic mass is 9.91. The zero-order valence-corrected chi connectivity index (χ0v) is 12.7. The van der Waals surface area contributed by atoms with Gasteiger partial charge in [-0.05, 0) is 39.0 Å². The van der Waals surface area contributed by atoms with E-state index < -0.39 is 6.03 Å². The molecule has 0 aromatic rings. The third kappa shape index (κ3) is 5.19. The number of urea groups is 1. The molecule has 0 radical (unpaired) electrons. The third-order valence-corrected chi connectivity index (χ3v) is 3.48. The highest BCUT2D eigenvalue weighted by Gasteiger charge is 2.29. The van der Waals surface area contributed by atoms with Gasteiger partial charge in [0.1, 0.15) is 0 Å². The molecule has 0 bridgehead atoms. The van der Waals surface area contributed by atoms with Gasteiger partial charge in [0.25, 0.3) is 0 Å². The Morgan fingerprint density at radius 2 is 1.63 bits per heavy atom. The number of carbonyl (C=O) groups excluding carboxylic acids is 2. The molecule has 2 N–H and O–H groups in total. The smallest absolute Gasteiger partial charge is 0.321 e. The van der Waals surface area contributed by atoms with E-state index in [1.54, 1.807) is 0 Å². The van der Waals surface area contributed by atoms with E-state index in [4.69, 9.17) is 0 Å². The molecule has 1 heterocycles. The minimum absolute atomic E-state index is 0.0261. The fourth-order valence-electron chi connectivity index (χ4n) is 2.71. The van der Waals surface area contributed by atoms with Crippen molar-refractivity contribution in [2.75, 3.05) is 13.1 Å². The molecule has 1 fully saturated rings. The van der Waals surface area contributed by atoms with E-state index in [2.05, 4.69) is 29.4 Å². The average molecular weight is 269 g/mol. The van der Waals surface area contributed by atoms with Crippen LogP contribution in [0.1, 0.15) is 41.0 Å². The lowest BCUT2D eigenvalue weighted by Gasteiger charge is -2.38. The van der Waals surface area contributed by atoms with Gasteiger partial charge >= 0.3 is 6.03 Å². The summed E-state index contributed by atoms with van der Waals surface area (Å²) in [5, 5.41) is 5.07. The van der Waals surface area contributed by atoms with Crippen molar-refractivity contribution >= 4 is 11.9 Å². The summed E-state index contributed by atoms with van der Waals surface area (Å²) in [5.41, 5.74) is 0. The number of imide groups is 1. The van der Waals surface area contributed by atoms with Crippen LogP contribution in [0.3, 0.4) is 0 Å². The van der Waals surface area contributed by atoms with Gasteiger partial charge in [0, 0.05) is 19.1 Å². The Balaban J connectivity index is 2.49. The molecule has 110 valence electrons. The Bertz CT molecular complexity index is 321. The lowest BCUT2D eigenvalue weighted by Crippen LogP contribution is -2.53. The van der Waals surface area contributed by atoms with E-state index in [9.17, 15) is 9.59 Å². The van der Waals surface area contributed by atoms with Crippen LogP contribution in [0.25, 0.3) is 0 Å². The number of nitrogens with zero attached hydrogens (tertiary/aromatic N) is 1. The van der Waals surface area contributed by atoms with E-state index >= 15 is 0 Å². The summed E-state index contributed by atoms with van der Waals surface area (Å²) in [6, 6.07) is -0.647. The van der Waals surface area contributed by atoms with Crippen molar-refractivity contribution < 1.29 is 9.59 Å². The molecule has 1 aliphatic rings. The van der Waals surface area contributed by atoms with E-state index in [-0.39, 0.29) is 18.0 Å². The van der Waals surface area contributed by atoms with Crippen LogP contribution < -0.4 is 10.6 Å². The number of hydrogen-bond acceptors (Lipinski definition) is 3. The summed E-state index contributed by atoms with van der Waals surface area (Å²) in [6.45, 7) is 11.8. The quantitative estimate of drug-likeness (QED) is 0.818. The second-order valence-electron chi connectivity index (χ2n) is 6.19. The van der Waals surface area contributed by atoms with Gasteiger partial charge < -0.3 is 5.32 Å². The number of carbonyl (C=O) groups is 2. The van der Waals surface area contributed by atoms with E-state index in [0.717, 1.165) is 13.1 Å². The summed E-state index contributed by atoms with van der Waals surface area (Å²) in [7, 11) is 0. The Hall–Kier alpha value is -1.10. The first-order valence-electron chi connectivity index (χ1n) is 7.15. The molecule has 1 saturated heterocycles. The first-order chi connectivity index (χ1) is 8.79. The van der Waals surface area contributed by atoms with Gasteiger partial charge in [0.05, 0.1) is 6.04 Å². The summed E-state index contributed by atoms with van der Waals surface area (Å²) >= 11 is 0. The second kappa shape index (κ2) is 6.89. The summed E-state index contributed by atoms with van der Waals surface area (Å²) in [4.78, 5) is 25.7. The highest BCUT2D eigenvalue weighted by atomic mass is 16.2. The van der Waals surface area contributed by atoms with Crippen molar-refractivity contribution in [1.82, 2.24) is 15.5 Å². The molecule has 1 aliphatic heterocycles.